The number of benzene rings is 2. The highest BCUT2D eigenvalue weighted by Gasteiger charge is 2.30. The summed E-state index contributed by atoms with van der Waals surface area (Å²) < 4.78 is 43.6. The molecule has 5 nitrogen and oxygen atoms in total. The molecule has 0 saturated carbocycles. The molecule has 160 valence electrons. The van der Waals surface area contributed by atoms with E-state index in [1.165, 1.54) is 30.6 Å². The molecule has 11 heteroatoms. The Morgan fingerprint density at radius 3 is 2.29 bits per heavy atom. The summed E-state index contributed by atoms with van der Waals surface area (Å²) in [5.74, 6) is 0.314. The number of fused-ring (bicyclic) bond motifs is 1. The molecule has 1 N–H and O–H groups in total. The summed E-state index contributed by atoms with van der Waals surface area (Å²) in [6.07, 6.45) is -4.02. The molecule has 0 fully saturated rings. The number of ether oxygens (including phenoxy) is 1. The van der Waals surface area contributed by atoms with E-state index in [1.54, 1.807) is 18.2 Å². The number of thiazole rings is 1. The first kappa shape index (κ1) is 21.6. The van der Waals surface area contributed by atoms with Gasteiger partial charge in [0.15, 0.2) is 10.6 Å². The third-order valence-corrected chi connectivity index (χ3v) is 5.99. The maximum Gasteiger partial charge on any atom is 0.416 e. The first-order chi connectivity index (χ1) is 14.7. The van der Waals surface area contributed by atoms with Crippen LogP contribution in [0.1, 0.15) is 16.1 Å². The van der Waals surface area contributed by atoms with Crippen LogP contribution in [0.25, 0.3) is 10.3 Å². The van der Waals surface area contributed by atoms with Gasteiger partial charge < -0.3 is 10.1 Å². The van der Waals surface area contributed by atoms with E-state index in [0.717, 1.165) is 17.7 Å². The molecule has 0 aliphatic carbocycles. The Morgan fingerprint density at radius 1 is 1.00 bits per heavy atom. The van der Waals surface area contributed by atoms with Crippen molar-refractivity contribution in [3.8, 4) is 6.01 Å². The zero-order valence-electron chi connectivity index (χ0n) is 15.8. The lowest BCUT2D eigenvalue weighted by Gasteiger charge is -2.10. The number of halogens is 5. The van der Waals surface area contributed by atoms with Crippen molar-refractivity contribution in [3.05, 3.63) is 68.6 Å². The second kappa shape index (κ2) is 8.49. The van der Waals surface area contributed by atoms with Crippen LogP contribution in [0.15, 0.2) is 42.5 Å². The average Bonchev–Trinajstić information content (AvgIpc) is 3.13. The number of alkyl halides is 3. The van der Waals surface area contributed by atoms with Crippen LogP contribution in [-0.4, -0.2) is 22.1 Å². The van der Waals surface area contributed by atoms with E-state index in [4.69, 9.17) is 27.9 Å². The molecule has 0 saturated heterocycles. The normalized spacial score (nSPS) is 11.7. The summed E-state index contributed by atoms with van der Waals surface area (Å²) in [6.45, 7) is 0. The van der Waals surface area contributed by atoms with E-state index in [1.807, 2.05) is 0 Å². The molecule has 0 radical (unpaired) electrons. The fourth-order valence-electron chi connectivity index (χ4n) is 2.83. The van der Waals surface area contributed by atoms with Crippen LogP contribution in [0.3, 0.4) is 0 Å². The van der Waals surface area contributed by atoms with Crippen molar-refractivity contribution in [2.24, 2.45) is 0 Å². The molecule has 0 spiro atoms. The topological polar surface area (TPSA) is 59.9 Å². The number of methoxy groups -OCH3 is 1. The highest BCUT2D eigenvalue weighted by atomic mass is 35.5. The Morgan fingerprint density at radius 2 is 1.68 bits per heavy atom. The van der Waals surface area contributed by atoms with E-state index < -0.39 is 11.7 Å². The van der Waals surface area contributed by atoms with Gasteiger partial charge >= 0.3 is 12.2 Å². The van der Waals surface area contributed by atoms with Gasteiger partial charge in [-0.3, -0.25) is 0 Å². The molecule has 4 aromatic rings. The van der Waals surface area contributed by atoms with Crippen molar-refractivity contribution in [2.75, 3.05) is 12.4 Å². The van der Waals surface area contributed by atoms with Gasteiger partial charge in [-0.15, -0.1) is 0 Å². The Bertz CT molecular complexity index is 1230. The second-order valence-electron chi connectivity index (χ2n) is 6.40. The van der Waals surface area contributed by atoms with Crippen LogP contribution >= 0.6 is 34.5 Å². The predicted molar refractivity (Wildman–Crippen MR) is 116 cm³/mol. The van der Waals surface area contributed by atoms with Gasteiger partial charge in [-0.1, -0.05) is 40.6 Å². The van der Waals surface area contributed by atoms with Crippen molar-refractivity contribution in [1.82, 2.24) is 15.0 Å². The van der Waals surface area contributed by atoms with Crippen LogP contribution in [0.5, 0.6) is 6.01 Å². The Balaban J connectivity index is 1.70. The van der Waals surface area contributed by atoms with Crippen LogP contribution in [0, 0.1) is 0 Å². The van der Waals surface area contributed by atoms with Crippen molar-refractivity contribution >= 4 is 56.4 Å². The summed E-state index contributed by atoms with van der Waals surface area (Å²) in [4.78, 5) is 13.7. The van der Waals surface area contributed by atoms with E-state index in [9.17, 15) is 13.2 Å². The lowest BCUT2D eigenvalue weighted by molar-refractivity contribution is -0.137. The molecule has 31 heavy (non-hydrogen) atoms. The van der Waals surface area contributed by atoms with Crippen LogP contribution in [-0.2, 0) is 12.6 Å². The summed E-state index contributed by atoms with van der Waals surface area (Å²) in [6, 6.07) is 9.98. The second-order valence-corrected chi connectivity index (χ2v) is 8.27. The van der Waals surface area contributed by atoms with Crippen molar-refractivity contribution in [3.63, 3.8) is 0 Å². The minimum Gasteiger partial charge on any atom is -0.467 e. The van der Waals surface area contributed by atoms with Crippen molar-refractivity contribution in [1.29, 1.82) is 0 Å². The number of rotatable bonds is 5. The highest BCUT2D eigenvalue weighted by molar-refractivity contribution is 7.18. The molecule has 4 rings (SSSR count). The molecule has 2 heterocycles. The number of nitrogens with one attached hydrogen (secondary N) is 1. The first-order valence-corrected chi connectivity index (χ1v) is 10.4. The third-order valence-electron chi connectivity index (χ3n) is 4.33. The quantitative estimate of drug-likeness (QED) is 0.339. The van der Waals surface area contributed by atoms with Gasteiger partial charge in [0.25, 0.3) is 0 Å². The van der Waals surface area contributed by atoms with E-state index in [-0.39, 0.29) is 6.01 Å². The number of hydrogen-bond donors (Lipinski definition) is 1. The monoisotopic (exact) mass is 484 g/mol. The predicted octanol–water partition coefficient (Wildman–Crippen LogP) is 6.75. The first-order valence-electron chi connectivity index (χ1n) is 8.83. The maximum absolute atomic E-state index is 12.8. The highest BCUT2D eigenvalue weighted by Crippen LogP contribution is 2.34. The van der Waals surface area contributed by atoms with E-state index >= 15 is 0 Å². The molecule has 0 amide bonds. The molecular weight excluding hydrogens is 472 g/mol. The molecule has 2 aromatic heterocycles. The summed E-state index contributed by atoms with van der Waals surface area (Å²) >= 11 is 13.8. The lowest BCUT2D eigenvalue weighted by Crippen LogP contribution is -2.05. The van der Waals surface area contributed by atoms with E-state index in [2.05, 4.69) is 20.3 Å². The van der Waals surface area contributed by atoms with Gasteiger partial charge in [0.1, 0.15) is 10.5 Å². The number of aromatic nitrogens is 3. The largest absolute Gasteiger partial charge is 0.467 e. The Kier molecular flexibility index (Phi) is 5.92. The van der Waals surface area contributed by atoms with Gasteiger partial charge in [0.2, 0.25) is 0 Å². The number of nitrogens with zero attached hydrogens (tertiary/aromatic N) is 3. The molecular formula is C20H13Cl2F3N4OS. The van der Waals surface area contributed by atoms with Gasteiger partial charge in [-0.05, 0) is 42.0 Å². The summed E-state index contributed by atoms with van der Waals surface area (Å²) in [5.41, 5.74) is 0.876. The average molecular weight is 485 g/mol. The fourth-order valence-corrected chi connectivity index (χ4v) is 4.30. The third kappa shape index (κ3) is 4.68. The molecule has 0 aliphatic rings. The Hall–Kier alpha value is -2.62. The van der Waals surface area contributed by atoms with Gasteiger partial charge in [-0.25, -0.2) is 4.98 Å². The molecule has 0 atom stereocenters. The zero-order chi connectivity index (χ0) is 22.2. The summed E-state index contributed by atoms with van der Waals surface area (Å²) in [5, 5.41) is 4.74. The molecule has 2 aromatic carbocycles. The number of anilines is 2. The standard InChI is InChI=1S/C20H13Cl2F3N4OS/c1-30-19-28-17(26-11-7-5-10(6-8-11)20(23,24)25)16-18(29-19)31-15(27-16)9-12-13(21)3-2-4-14(12)22/h2-8H,9H2,1H3,(H,26,28,29). The fraction of sp³-hybridized carbons (Fsp3) is 0.150. The Labute approximate surface area is 188 Å². The smallest absolute Gasteiger partial charge is 0.416 e. The molecule has 0 unspecified atom stereocenters. The lowest BCUT2D eigenvalue weighted by atomic mass is 10.1. The minimum absolute atomic E-state index is 0.105. The van der Waals surface area contributed by atoms with Crippen molar-refractivity contribution in [2.45, 2.75) is 12.6 Å². The van der Waals surface area contributed by atoms with Gasteiger partial charge in [-0.2, -0.15) is 23.1 Å². The van der Waals surface area contributed by atoms with Crippen LogP contribution in [0.2, 0.25) is 10.0 Å². The van der Waals surface area contributed by atoms with Crippen LogP contribution in [0.4, 0.5) is 24.7 Å². The maximum atomic E-state index is 12.8. The van der Waals surface area contributed by atoms with Crippen LogP contribution < -0.4 is 10.1 Å². The van der Waals surface area contributed by atoms with Crippen molar-refractivity contribution < 1.29 is 17.9 Å². The summed E-state index contributed by atoms with van der Waals surface area (Å²) in [7, 11) is 1.43. The number of hydrogen-bond acceptors (Lipinski definition) is 6. The van der Waals surface area contributed by atoms with Gasteiger partial charge in [0, 0.05) is 22.2 Å². The SMILES string of the molecule is COc1nc(Nc2ccc(C(F)(F)F)cc2)c2nc(Cc3c(Cl)cccc3Cl)sc2n1. The van der Waals surface area contributed by atoms with Gasteiger partial charge in [0.05, 0.1) is 12.7 Å². The molecule has 0 aliphatic heterocycles. The minimum atomic E-state index is -4.41. The molecule has 0 bridgehead atoms. The zero-order valence-corrected chi connectivity index (χ0v) is 18.1. The van der Waals surface area contributed by atoms with E-state index in [0.29, 0.717) is 43.3 Å².